The first kappa shape index (κ1) is 18.3. The Kier molecular flexibility index (Phi) is 4.56. The molecule has 7 nitrogen and oxygen atoms in total. The van der Waals surface area contributed by atoms with E-state index in [1.807, 2.05) is 0 Å². The van der Waals surface area contributed by atoms with Gasteiger partial charge >= 0.3 is 0 Å². The number of rotatable bonds is 5. The van der Waals surface area contributed by atoms with E-state index in [0.717, 1.165) is 18.4 Å². The summed E-state index contributed by atoms with van der Waals surface area (Å²) >= 11 is 12.2. The number of carbonyl (C=O) groups is 1. The Hall–Kier alpha value is -2.77. The van der Waals surface area contributed by atoms with E-state index in [-0.39, 0.29) is 25.3 Å². The van der Waals surface area contributed by atoms with Gasteiger partial charge in [-0.15, -0.1) is 10.2 Å². The summed E-state index contributed by atoms with van der Waals surface area (Å²) in [6.45, 7) is 0.310. The molecule has 1 aliphatic carbocycles. The third-order valence-electron chi connectivity index (χ3n) is 4.79. The van der Waals surface area contributed by atoms with Crippen molar-refractivity contribution in [3.05, 3.63) is 57.9 Å². The van der Waals surface area contributed by atoms with Crippen molar-refractivity contribution >= 4 is 29.1 Å². The normalized spacial score (nSPS) is 14.8. The molecule has 5 rings (SSSR count). The SMILES string of the molecule is O=C(c1cc(Cl)c2c(c1)OCO2)N(Cc1nnc(-c2ccc(Cl)cc2)o1)C1CC1. The van der Waals surface area contributed by atoms with Gasteiger partial charge in [0.15, 0.2) is 11.5 Å². The van der Waals surface area contributed by atoms with E-state index < -0.39 is 0 Å². The quantitative estimate of drug-likeness (QED) is 0.588. The largest absolute Gasteiger partial charge is 0.454 e. The maximum Gasteiger partial charge on any atom is 0.254 e. The van der Waals surface area contributed by atoms with Gasteiger partial charge in [-0.2, -0.15) is 0 Å². The lowest BCUT2D eigenvalue weighted by Gasteiger charge is -2.21. The van der Waals surface area contributed by atoms with Gasteiger partial charge in [-0.05, 0) is 49.2 Å². The number of hydrogen-bond acceptors (Lipinski definition) is 6. The van der Waals surface area contributed by atoms with Crippen molar-refractivity contribution in [1.29, 1.82) is 0 Å². The number of amides is 1. The zero-order valence-electron chi connectivity index (χ0n) is 15.1. The molecular weight excluding hydrogens is 417 g/mol. The van der Waals surface area contributed by atoms with E-state index in [1.54, 1.807) is 41.3 Å². The van der Waals surface area contributed by atoms with Crippen LogP contribution < -0.4 is 9.47 Å². The van der Waals surface area contributed by atoms with Crippen molar-refractivity contribution < 1.29 is 18.7 Å². The summed E-state index contributed by atoms with van der Waals surface area (Å²) in [6.07, 6.45) is 1.87. The molecular formula is C20H15Cl2N3O4. The number of fused-ring (bicyclic) bond motifs is 1. The molecule has 0 unspecified atom stereocenters. The number of benzene rings is 2. The third kappa shape index (κ3) is 3.63. The summed E-state index contributed by atoms with van der Waals surface area (Å²) in [6, 6.07) is 10.5. The Morgan fingerprint density at radius 2 is 1.90 bits per heavy atom. The minimum Gasteiger partial charge on any atom is -0.454 e. The zero-order valence-corrected chi connectivity index (χ0v) is 16.6. The molecule has 2 aliphatic rings. The van der Waals surface area contributed by atoms with Gasteiger partial charge in [-0.25, -0.2) is 0 Å². The highest BCUT2D eigenvalue weighted by molar-refractivity contribution is 6.32. The molecule has 148 valence electrons. The second kappa shape index (κ2) is 7.24. The number of ether oxygens (including phenoxy) is 2. The van der Waals surface area contributed by atoms with E-state index in [4.69, 9.17) is 37.1 Å². The molecule has 0 bridgehead atoms. The fourth-order valence-electron chi connectivity index (χ4n) is 3.18. The van der Waals surface area contributed by atoms with Gasteiger partial charge in [0.25, 0.3) is 5.91 Å². The van der Waals surface area contributed by atoms with Crippen molar-refractivity contribution in [3.63, 3.8) is 0 Å². The predicted molar refractivity (Wildman–Crippen MR) is 105 cm³/mol. The van der Waals surface area contributed by atoms with E-state index in [1.165, 1.54) is 0 Å². The molecule has 1 saturated carbocycles. The summed E-state index contributed by atoms with van der Waals surface area (Å²) < 4.78 is 16.5. The number of aromatic nitrogens is 2. The van der Waals surface area contributed by atoms with Gasteiger partial charge in [0.1, 0.15) is 0 Å². The summed E-state index contributed by atoms with van der Waals surface area (Å²) in [4.78, 5) is 14.9. The molecule has 2 heterocycles. The van der Waals surface area contributed by atoms with Crippen LogP contribution in [0, 0.1) is 0 Å². The van der Waals surface area contributed by atoms with Crippen LogP contribution in [0.1, 0.15) is 29.1 Å². The highest BCUT2D eigenvalue weighted by atomic mass is 35.5. The molecule has 1 aromatic heterocycles. The second-order valence-corrected chi connectivity index (χ2v) is 7.71. The minimum absolute atomic E-state index is 0.0918. The first-order valence-electron chi connectivity index (χ1n) is 9.07. The van der Waals surface area contributed by atoms with E-state index in [2.05, 4.69) is 10.2 Å². The molecule has 1 fully saturated rings. The molecule has 1 aliphatic heterocycles. The lowest BCUT2D eigenvalue weighted by molar-refractivity contribution is 0.0714. The third-order valence-corrected chi connectivity index (χ3v) is 5.32. The smallest absolute Gasteiger partial charge is 0.254 e. The number of carbonyl (C=O) groups excluding carboxylic acids is 1. The summed E-state index contributed by atoms with van der Waals surface area (Å²) in [5, 5.41) is 9.16. The maximum absolute atomic E-state index is 13.2. The van der Waals surface area contributed by atoms with Crippen LogP contribution in [-0.2, 0) is 6.54 Å². The van der Waals surface area contributed by atoms with Crippen LogP contribution in [0.5, 0.6) is 11.5 Å². The number of halogens is 2. The fraction of sp³-hybridized carbons (Fsp3) is 0.250. The molecule has 0 spiro atoms. The van der Waals surface area contributed by atoms with Gasteiger partial charge in [-0.3, -0.25) is 4.79 Å². The average molecular weight is 432 g/mol. The van der Waals surface area contributed by atoms with Gasteiger partial charge in [-0.1, -0.05) is 23.2 Å². The number of hydrogen-bond donors (Lipinski definition) is 0. The first-order chi connectivity index (χ1) is 14.1. The summed E-state index contributed by atoms with van der Waals surface area (Å²) in [5.74, 6) is 1.51. The maximum atomic E-state index is 13.2. The van der Waals surface area contributed by atoms with Crippen molar-refractivity contribution in [2.75, 3.05) is 6.79 Å². The van der Waals surface area contributed by atoms with Crippen LogP contribution in [-0.4, -0.2) is 33.8 Å². The van der Waals surface area contributed by atoms with Crippen LogP contribution >= 0.6 is 23.2 Å². The van der Waals surface area contributed by atoms with Crippen molar-refractivity contribution in [3.8, 4) is 23.0 Å². The first-order valence-corrected chi connectivity index (χ1v) is 9.82. The van der Waals surface area contributed by atoms with Gasteiger partial charge in [0.05, 0.1) is 11.6 Å². The Labute approximate surface area is 176 Å². The highest BCUT2D eigenvalue weighted by Gasteiger charge is 2.35. The molecule has 3 aromatic rings. The van der Waals surface area contributed by atoms with Crippen molar-refractivity contribution in [1.82, 2.24) is 15.1 Å². The monoisotopic (exact) mass is 431 g/mol. The van der Waals surface area contributed by atoms with Crippen LogP contribution in [0.15, 0.2) is 40.8 Å². The minimum atomic E-state index is -0.168. The van der Waals surface area contributed by atoms with Crippen LogP contribution in [0.2, 0.25) is 10.0 Å². The lowest BCUT2D eigenvalue weighted by Crippen LogP contribution is -2.32. The van der Waals surface area contributed by atoms with E-state index in [0.29, 0.717) is 38.9 Å². The van der Waals surface area contributed by atoms with Crippen molar-refractivity contribution in [2.45, 2.75) is 25.4 Å². The lowest BCUT2D eigenvalue weighted by atomic mass is 10.1. The topological polar surface area (TPSA) is 77.7 Å². The molecule has 29 heavy (non-hydrogen) atoms. The molecule has 0 radical (unpaired) electrons. The Morgan fingerprint density at radius 1 is 1.10 bits per heavy atom. The Balaban J connectivity index is 1.38. The second-order valence-electron chi connectivity index (χ2n) is 6.86. The summed E-state index contributed by atoms with van der Waals surface area (Å²) in [5.41, 5.74) is 1.20. The van der Waals surface area contributed by atoms with Gasteiger partial charge < -0.3 is 18.8 Å². The van der Waals surface area contributed by atoms with Crippen LogP contribution in [0.4, 0.5) is 0 Å². The molecule has 2 aromatic carbocycles. The number of nitrogens with zero attached hydrogens (tertiary/aromatic N) is 3. The standard InChI is InChI=1S/C20H15Cl2N3O4/c21-13-3-1-11(2-4-13)19-24-23-17(29-19)9-25(14-5-6-14)20(26)12-7-15(22)18-16(8-12)27-10-28-18/h1-4,7-8,14H,5-6,9-10H2. The van der Waals surface area contributed by atoms with Crippen LogP contribution in [0.25, 0.3) is 11.5 Å². The van der Waals surface area contributed by atoms with Crippen molar-refractivity contribution in [2.24, 2.45) is 0 Å². The zero-order chi connectivity index (χ0) is 20.0. The van der Waals surface area contributed by atoms with Gasteiger partial charge in [0.2, 0.25) is 18.6 Å². The molecule has 0 atom stereocenters. The molecule has 9 heteroatoms. The van der Waals surface area contributed by atoms with E-state index in [9.17, 15) is 4.79 Å². The fourth-order valence-corrected chi connectivity index (χ4v) is 3.57. The van der Waals surface area contributed by atoms with Crippen LogP contribution in [0.3, 0.4) is 0 Å². The predicted octanol–water partition coefficient (Wildman–Crippen LogP) is 4.58. The van der Waals surface area contributed by atoms with Gasteiger partial charge in [0, 0.05) is 22.2 Å². The average Bonchev–Trinajstić information content (AvgIpc) is 3.24. The molecule has 1 amide bonds. The highest BCUT2D eigenvalue weighted by Crippen LogP contribution is 2.40. The molecule has 0 N–H and O–H groups in total. The van der Waals surface area contributed by atoms with E-state index >= 15 is 0 Å². The Morgan fingerprint density at radius 3 is 2.66 bits per heavy atom. The molecule has 0 saturated heterocycles. The Bertz CT molecular complexity index is 1080. The summed E-state index contributed by atoms with van der Waals surface area (Å²) in [7, 11) is 0.